The molecule has 1 atom stereocenters. The third kappa shape index (κ3) is 7.99. The lowest BCUT2D eigenvalue weighted by molar-refractivity contribution is -0.140. The Morgan fingerprint density at radius 3 is 2.35 bits per heavy atom. The van der Waals surface area contributed by atoms with Crippen LogP contribution < -0.4 is 9.62 Å². The van der Waals surface area contributed by atoms with Crippen molar-refractivity contribution in [2.75, 3.05) is 23.7 Å². The summed E-state index contributed by atoms with van der Waals surface area (Å²) in [4.78, 5) is 27.8. The van der Waals surface area contributed by atoms with Crippen LogP contribution in [0.1, 0.15) is 38.7 Å². The molecule has 2 amide bonds. The number of amides is 2. The summed E-state index contributed by atoms with van der Waals surface area (Å²) in [5.74, 6) is -1.30. The van der Waals surface area contributed by atoms with E-state index in [9.17, 15) is 22.4 Å². The molecule has 0 spiro atoms. The Labute approximate surface area is 205 Å². The fourth-order valence-corrected chi connectivity index (χ4v) is 4.48. The van der Waals surface area contributed by atoms with Gasteiger partial charge in [-0.1, -0.05) is 50.1 Å². The van der Waals surface area contributed by atoms with E-state index in [1.807, 2.05) is 6.92 Å². The first-order valence-electron chi connectivity index (χ1n) is 11.1. The topological polar surface area (TPSA) is 86.8 Å². The number of anilines is 1. The van der Waals surface area contributed by atoms with Crippen LogP contribution in [0.3, 0.4) is 0 Å². The first kappa shape index (κ1) is 27.6. The summed E-state index contributed by atoms with van der Waals surface area (Å²) in [7, 11) is -3.83. The van der Waals surface area contributed by atoms with Gasteiger partial charge in [0.05, 0.1) is 11.9 Å². The van der Waals surface area contributed by atoms with E-state index in [0.717, 1.165) is 23.4 Å². The van der Waals surface area contributed by atoms with Gasteiger partial charge < -0.3 is 10.2 Å². The summed E-state index contributed by atoms with van der Waals surface area (Å²) in [6.07, 6.45) is 3.02. The summed E-state index contributed by atoms with van der Waals surface area (Å²) < 4.78 is 39.4. The van der Waals surface area contributed by atoms with Crippen molar-refractivity contribution in [3.8, 4) is 0 Å². The van der Waals surface area contributed by atoms with Crippen LogP contribution in [-0.2, 0) is 26.2 Å². The molecule has 2 aromatic carbocycles. The fraction of sp³-hybridized carbons (Fsp3) is 0.417. The average molecular weight is 512 g/mol. The molecule has 0 fully saturated rings. The molecule has 0 saturated heterocycles. The number of benzene rings is 2. The van der Waals surface area contributed by atoms with Crippen molar-refractivity contribution in [1.29, 1.82) is 0 Å². The van der Waals surface area contributed by atoms with Gasteiger partial charge in [0, 0.05) is 18.1 Å². The Morgan fingerprint density at radius 2 is 1.79 bits per heavy atom. The minimum atomic E-state index is -3.83. The van der Waals surface area contributed by atoms with Gasteiger partial charge in [0.25, 0.3) is 0 Å². The van der Waals surface area contributed by atoms with Gasteiger partial charge in [0.2, 0.25) is 21.8 Å². The summed E-state index contributed by atoms with van der Waals surface area (Å²) in [6, 6.07) is 11.0. The third-order valence-corrected chi connectivity index (χ3v) is 6.63. The highest BCUT2D eigenvalue weighted by atomic mass is 35.5. The first-order valence-corrected chi connectivity index (χ1v) is 13.3. The quantitative estimate of drug-likeness (QED) is 0.437. The number of hydrogen-bond donors (Lipinski definition) is 1. The van der Waals surface area contributed by atoms with E-state index in [4.69, 9.17) is 11.6 Å². The van der Waals surface area contributed by atoms with E-state index in [1.165, 1.54) is 35.2 Å². The van der Waals surface area contributed by atoms with Crippen molar-refractivity contribution in [3.05, 3.63) is 64.9 Å². The Kier molecular flexibility index (Phi) is 10.3. The van der Waals surface area contributed by atoms with Gasteiger partial charge in [0.1, 0.15) is 18.4 Å². The molecule has 0 saturated carbocycles. The van der Waals surface area contributed by atoms with Crippen LogP contribution in [0, 0.1) is 5.82 Å². The maximum Gasteiger partial charge on any atom is 0.244 e. The predicted molar refractivity (Wildman–Crippen MR) is 133 cm³/mol. The number of carbonyl (C=O) groups excluding carboxylic acids is 2. The lowest BCUT2D eigenvalue weighted by Gasteiger charge is -2.33. The van der Waals surface area contributed by atoms with Gasteiger partial charge >= 0.3 is 0 Å². The molecular weight excluding hydrogens is 481 g/mol. The van der Waals surface area contributed by atoms with E-state index >= 15 is 0 Å². The Balaban J connectivity index is 2.39. The zero-order valence-electron chi connectivity index (χ0n) is 19.6. The maximum absolute atomic E-state index is 13.5. The molecule has 0 aliphatic heterocycles. The lowest BCUT2D eigenvalue weighted by Crippen LogP contribution is -2.52. The highest BCUT2D eigenvalue weighted by Gasteiger charge is 2.31. The van der Waals surface area contributed by atoms with Gasteiger partial charge in [0.15, 0.2) is 0 Å². The number of hydrogen-bond acceptors (Lipinski definition) is 4. The molecule has 10 heteroatoms. The van der Waals surface area contributed by atoms with Crippen LogP contribution in [0.25, 0.3) is 0 Å². The summed E-state index contributed by atoms with van der Waals surface area (Å²) in [5.41, 5.74) is 0.855. The summed E-state index contributed by atoms with van der Waals surface area (Å²) in [5, 5.41) is 3.17. The van der Waals surface area contributed by atoms with Gasteiger partial charge in [-0.3, -0.25) is 13.9 Å². The number of unbranched alkanes of at least 4 members (excludes halogenated alkanes) is 1. The Bertz CT molecular complexity index is 1080. The molecule has 1 N–H and O–H groups in total. The molecule has 2 rings (SSSR count). The van der Waals surface area contributed by atoms with Crippen LogP contribution in [0.2, 0.25) is 5.02 Å². The zero-order chi connectivity index (χ0) is 25.3. The molecular formula is C24H31ClFN3O4S. The number of sulfonamides is 1. The normalized spacial score (nSPS) is 12.1. The molecule has 186 valence electrons. The van der Waals surface area contributed by atoms with E-state index < -0.39 is 34.3 Å². The molecule has 34 heavy (non-hydrogen) atoms. The highest BCUT2D eigenvalue weighted by molar-refractivity contribution is 7.92. The monoisotopic (exact) mass is 511 g/mol. The van der Waals surface area contributed by atoms with Crippen molar-refractivity contribution in [3.63, 3.8) is 0 Å². The Morgan fingerprint density at radius 1 is 1.12 bits per heavy atom. The predicted octanol–water partition coefficient (Wildman–Crippen LogP) is 3.97. The SMILES string of the molecule is CCCCNC(=O)[C@H](CC)N(Cc1ccc(F)cc1)C(=O)CN(c1cccc(Cl)c1)S(C)(=O)=O. The van der Waals surface area contributed by atoms with E-state index in [2.05, 4.69) is 5.32 Å². The first-order chi connectivity index (χ1) is 16.1. The molecule has 2 aromatic rings. The second kappa shape index (κ2) is 12.7. The average Bonchev–Trinajstić information content (AvgIpc) is 2.78. The highest BCUT2D eigenvalue weighted by Crippen LogP contribution is 2.23. The van der Waals surface area contributed by atoms with Crippen LogP contribution in [-0.4, -0.2) is 50.5 Å². The maximum atomic E-state index is 13.5. The molecule has 0 aliphatic carbocycles. The number of rotatable bonds is 12. The Hall–Kier alpha value is -2.65. The van der Waals surface area contributed by atoms with Crippen LogP contribution in [0.4, 0.5) is 10.1 Å². The zero-order valence-corrected chi connectivity index (χ0v) is 21.2. The van der Waals surface area contributed by atoms with E-state index in [0.29, 0.717) is 23.6 Å². The number of halogens is 2. The molecule has 0 heterocycles. The standard InChI is InChI=1S/C24H31ClFN3O4S/c1-4-6-14-27-24(31)22(5-2)28(16-18-10-12-20(26)13-11-18)23(30)17-29(34(3,32)33)21-9-7-8-19(25)15-21/h7-13,15,22H,4-6,14,16-17H2,1-3H3,(H,27,31)/t22-/m0/s1. The van der Waals surface area contributed by atoms with Crippen LogP contribution in [0.5, 0.6) is 0 Å². The number of nitrogens with one attached hydrogen (secondary N) is 1. The van der Waals surface area contributed by atoms with Crippen LogP contribution >= 0.6 is 11.6 Å². The third-order valence-electron chi connectivity index (χ3n) is 5.26. The minimum Gasteiger partial charge on any atom is -0.354 e. The number of nitrogens with zero attached hydrogens (tertiary/aromatic N) is 2. The molecule has 0 unspecified atom stereocenters. The smallest absolute Gasteiger partial charge is 0.244 e. The van der Waals surface area contributed by atoms with Gasteiger partial charge in [-0.05, 0) is 48.7 Å². The molecule has 0 radical (unpaired) electrons. The summed E-state index contributed by atoms with van der Waals surface area (Å²) in [6.45, 7) is 3.76. The minimum absolute atomic E-state index is 0.0198. The van der Waals surface area contributed by atoms with Crippen LogP contribution in [0.15, 0.2) is 48.5 Å². The molecule has 0 aliphatic rings. The second-order valence-electron chi connectivity index (χ2n) is 7.97. The van der Waals surface area contributed by atoms with Crippen molar-refractivity contribution >= 4 is 39.1 Å². The van der Waals surface area contributed by atoms with Crippen molar-refractivity contribution in [2.45, 2.75) is 45.7 Å². The molecule has 7 nitrogen and oxygen atoms in total. The van der Waals surface area contributed by atoms with Gasteiger partial charge in [-0.2, -0.15) is 0 Å². The van der Waals surface area contributed by atoms with Gasteiger partial charge in [-0.25, -0.2) is 12.8 Å². The largest absolute Gasteiger partial charge is 0.354 e. The lowest BCUT2D eigenvalue weighted by atomic mass is 10.1. The van der Waals surface area contributed by atoms with E-state index in [-0.39, 0.29) is 18.1 Å². The molecule has 0 aromatic heterocycles. The van der Waals surface area contributed by atoms with E-state index in [1.54, 1.807) is 25.1 Å². The summed E-state index contributed by atoms with van der Waals surface area (Å²) >= 11 is 6.03. The molecule has 0 bridgehead atoms. The van der Waals surface area contributed by atoms with Crippen molar-refractivity contribution in [1.82, 2.24) is 10.2 Å². The fourth-order valence-electron chi connectivity index (χ4n) is 3.46. The number of carbonyl (C=O) groups is 2. The second-order valence-corrected chi connectivity index (χ2v) is 10.3. The van der Waals surface area contributed by atoms with Gasteiger partial charge in [-0.15, -0.1) is 0 Å². The van der Waals surface area contributed by atoms with Crippen molar-refractivity contribution < 1.29 is 22.4 Å². The van der Waals surface area contributed by atoms with Crippen molar-refractivity contribution in [2.24, 2.45) is 0 Å².